The lowest BCUT2D eigenvalue weighted by atomic mass is 10.0. The summed E-state index contributed by atoms with van der Waals surface area (Å²) in [5.74, 6) is -1.70. The van der Waals surface area contributed by atoms with E-state index in [9.17, 15) is 8.78 Å². The summed E-state index contributed by atoms with van der Waals surface area (Å²) < 4.78 is 25.9. The summed E-state index contributed by atoms with van der Waals surface area (Å²) in [5.41, 5.74) is 2.41. The van der Waals surface area contributed by atoms with Crippen molar-refractivity contribution in [3.8, 4) is 11.1 Å². The first-order valence-corrected chi connectivity index (χ1v) is 5.36. The zero-order valence-electron chi connectivity index (χ0n) is 9.16. The third-order valence-electron chi connectivity index (χ3n) is 2.58. The Morgan fingerprint density at radius 1 is 0.882 bits per heavy atom. The van der Waals surface area contributed by atoms with Crippen molar-refractivity contribution < 1.29 is 13.9 Å². The fraction of sp³-hybridized carbons (Fsp3) is 0.143. The summed E-state index contributed by atoms with van der Waals surface area (Å²) in [5, 5.41) is 8.85. The van der Waals surface area contributed by atoms with Gasteiger partial charge in [-0.05, 0) is 35.2 Å². The van der Waals surface area contributed by atoms with Gasteiger partial charge in [0.1, 0.15) is 0 Å². The van der Waals surface area contributed by atoms with Gasteiger partial charge in [0.2, 0.25) is 0 Å². The first-order chi connectivity index (χ1) is 8.20. The lowest BCUT2D eigenvalue weighted by molar-refractivity contribution is 0.299. The Labute approximate surface area is 98.3 Å². The third kappa shape index (κ3) is 2.68. The highest BCUT2D eigenvalue weighted by atomic mass is 19.2. The fourth-order valence-corrected chi connectivity index (χ4v) is 1.71. The average Bonchev–Trinajstić information content (AvgIpc) is 2.33. The van der Waals surface area contributed by atoms with Gasteiger partial charge in [0.05, 0.1) is 0 Å². The highest BCUT2D eigenvalue weighted by Crippen LogP contribution is 2.22. The van der Waals surface area contributed by atoms with Crippen LogP contribution in [0.15, 0.2) is 42.5 Å². The third-order valence-corrected chi connectivity index (χ3v) is 2.58. The van der Waals surface area contributed by atoms with Crippen molar-refractivity contribution in [3.05, 3.63) is 59.7 Å². The van der Waals surface area contributed by atoms with E-state index in [-0.39, 0.29) is 6.61 Å². The van der Waals surface area contributed by atoms with Crippen LogP contribution in [0, 0.1) is 11.6 Å². The maximum Gasteiger partial charge on any atom is 0.159 e. The van der Waals surface area contributed by atoms with Gasteiger partial charge in [0.25, 0.3) is 0 Å². The molecule has 1 nitrogen and oxygen atoms in total. The molecule has 3 heteroatoms. The van der Waals surface area contributed by atoms with Crippen molar-refractivity contribution >= 4 is 0 Å². The molecular weight excluding hydrogens is 222 g/mol. The van der Waals surface area contributed by atoms with E-state index < -0.39 is 11.6 Å². The predicted octanol–water partition coefficient (Wildman–Crippen LogP) is 3.17. The molecule has 2 aromatic carbocycles. The van der Waals surface area contributed by atoms with Gasteiger partial charge in [-0.2, -0.15) is 0 Å². The standard InChI is InChI=1S/C14H12F2O/c15-13-5-4-12(9-14(13)16)11-3-1-2-10(8-11)6-7-17/h1-5,8-9,17H,6-7H2. The fourth-order valence-electron chi connectivity index (χ4n) is 1.71. The summed E-state index contributed by atoms with van der Waals surface area (Å²) in [6.45, 7) is 0.0707. The smallest absolute Gasteiger partial charge is 0.159 e. The minimum atomic E-state index is -0.852. The SMILES string of the molecule is OCCc1cccc(-c2ccc(F)c(F)c2)c1. The average molecular weight is 234 g/mol. The minimum Gasteiger partial charge on any atom is -0.396 e. The number of aliphatic hydroxyl groups is 1. The molecule has 0 unspecified atom stereocenters. The second-order valence-electron chi connectivity index (χ2n) is 3.80. The predicted molar refractivity (Wildman–Crippen MR) is 62.6 cm³/mol. The second kappa shape index (κ2) is 5.06. The topological polar surface area (TPSA) is 20.2 Å². The van der Waals surface area contributed by atoms with Crippen LogP contribution in [-0.4, -0.2) is 11.7 Å². The van der Waals surface area contributed by atoms with E-state index in [0.717, 1.165) is 17.2 Å². The van der Waals surface area contributed by atoms with Crippen molar-refractivity contribution in [1.82, 2.24) is 0 Å². The molecule has 0 aliphatic rings. The first-order valence-electron chi connectivity index (χ1n) is 5.36. The molecule has 0 spiro atoms. The molecule has 0 fully saturated rings. The van der Waals surface area contributed by atoms with Gasteiger partial charge in [-0.15, -0.1) is 0 Å². The highest BCUT2D eigenvalue weighted by molar-refractivity contribution is 5.64. The molecule has 1 N–H and O–H groups in total. The largest absolute Gasteiger partial charge is 0.396 e. The van der Waals surface area contributed by atoms with Crippen molar-refractivity contribution in [2.24, 2.45) is 0 Å². The summed E-state index contributed by atoms with van der Waals surface area (Å²) in [7, 11) is 0. The van der Waals surface area contributed by atoms with E-state index in [1.54, 1.807) is 0 Å². The molecule has 0 bridgehead atoms. The van der Waals surface area contributed by atoms with Crippen LogP contribution in [-0.2, 0) is 6.42 Å². The van der Waals surface area contributed by atoms with Gasteiger partial charge >= 0.3 is 0 Å². The number of halogens is 2. The Morgan fingerprint density at radius 3 is 2.35 bits per heavy atom. The van der Waals surface area contributed by atoms with E-state index in [1.807, 2.05) is 24.3 Å². The van der Waals surface area contributed by atoms with Crippen LogP contribution in [0.1, 0.15) is 5.56 Å². The molecule has 0 radical (unpaired) electrons. The molecule has 88 valence electrons. The Kier molecular flexibility index (Phi) is 3.49. The van der Waals surface area contributed by atoms with E-state index >= 15 is 0 Å². The summed E-state index contributed by atoms with van der Waals surface area (Å²) in [4.78, 5) is 0. The van der Waals surface area contributed by atoms with Crippen LogP contribution in [0.5, 0.6) is 0 Å². The van der Waals surface area contributed by atoms with E-state index in [1.165, 1.54) is 12.1 Å². The molecule has 0 amide bonds. The Balaban J connectivity index is 2.38. The molecule has 0 atom stereocenters. The van der Waals surface area contributed by atoms with Gasteiger partial charge in [0, 0.05) is 6.61 Å². The van der Waals surface area contributed by atoms with Gasteiger partial charge in [0.15, 0.2) is 11.6 Å². The first kappa shape index (κ1) is 11.7. The maximum absolute atomic E-state index is 13.1. The van der Waals surface area contributed by atoms with Gasteiger partial charge < -0.3 is 5.11 Å². The molecule has 0 aromatic heterocycles. The molecule has 0 heterocycles. The number of benzene rings is 2. The second-order valence-corrected chi connectivity index (χ2v) is 3.80. The molecule has 2 aromatic rings. The molecular formula is C14H12F2O. The van der Waals surface area contributed by atoms with Crippen LogP contribution in [0.2, 0.25) is 0 Å². The maximum atomic E-state index is 13.1. The highest BCUT2D eigenvalue weighted by Gasteiger charge is 2.04. The van der Waals surface area contributed by atoms with Crippen LogP contribution < -0.4 is 0 Å². The summed E-state index contributed by atoms with van der Waals surface area (Å²) in [6, 6.07) is 11.2. The normalized spacial score (nSPS) is 10.5. The van der Waals surface area contributed by atoms with E-state index in [0.29, 0.717) is 12.0 Å². The minimum absolute atomic E-state index is 0.0707. The summed E-state index contributed by atoms with van der Waals surface area (Å²) in [6.07, 6.45) is 0.553. The molecule has 0 aliphatic carbocycles. The quantitative estimate of drug-likeness (QED) is 0.864. The Hall–Kier alpha value is -1.74. The van der Waals surface area contributed by atoms with Gasteiger partial charge in [-0.3, -0.25) is 0 Å². The van der Waals surface area contributed by atoms with Crippen LogP contribution >= 0.6 is 0 Å². The Bertz CT molecular complexity index is 523. The van der Waals surface area contributed by atoms with E-state index in [4.69, 9.17) is 5.11 Å². The Morgan fingerprint density at radius 2 is 1.65 bits per heavy atom. The zero-order valence-corrected chi connectivity index (χ0v) is 9.16. The number of hydrogen-bond donors (Lipinski definition) is 1. The zero-order chi connectivity index (χ0) is 12.3. The molecule has 0 saturated heterocycles. The number of hydrogen-bond acceptors (Lipinski definition) is 1. The number of rotatable bonds is 3. The lowest BCUT2D eigenvalue weighted by Crippen LogP contribution is -1.91. The summed E-state index contributed by atoms with van der Waals surface area (Å²) >= 11 is 0. The molecule has 0 aliphatic heterocycles. The van der Waals surface area contributed by atoms with Gasteiger partial charge in [-0.25, -0.2) is 8.78 Å². The molecule has 17 heavy (non-hydrogen) atoms. The lowest BCUT2D eigenvalue weighted by Gasteiger charge is -2.05. The van der Waals surface area contributed by atoms with Crippen LogP contribution in [0.25, 0.3) is 11.1 Å². The van der Waals surface area contributed by atoms with E-state index in [2.05, 4.69) is 0 Å². The van der Waals surface area contributed by atoms with Crippen molar-refractivity contribution in [2.45, 2.75) is 6.42 Å². The van der Waals surface area contributed by atoms with Gasteiger partial charge in [-0.1, -0.05) is 30.3 Å². The van der Waals surface area contributed by atoms with Crippen LogP contribution in [0.4, 0.5) is 8.78 Å². The van der Waals surface area contributed by atoms with Crippen molar-refractivity contribution in [1.29, 1.82) is 0 Å². The molecule has 0 saturated carbocycles. The number of aliphatic hydroxyl groups excluding tert-OH is 1. The van der Waals surface area contributed by atoms with Crippen molar-refractivity contribution in [3.63, 3.8) is 0 Å². The molecule has 2 rings (SSSR count). The monoisotopic (exact) mass is 234 g/mol. The van der Waals surface area contributed by atoms with Crippen LogP contribution in [0.3, 0.4) is 0 Å². The van der Waals surface area contributed by atoms with Crippen molar-refractivity contribution in [2.75, 3.05) is 6.61 Å².